The second kappa shape index (κ2) is 12.2. The van der Waals surface area contributed by atoms with E-state index in [1.54, 1.807) is 6.92 Å². The maximum absolute atomic E-state index is 13.2. The van der Waals surface area contributed by atoms with Crippen molar-refractivity contribution in [2.45, 2.75) is 56.4 Å². The normalized spacial score (nSPS) is 17.9. The van der Waals surface area contributed by atoms with Crippen LogP contribution in [0.3, 0.4) is 0 Å². The average Bonchev–Trinajstić information content (AvgIpc) is 2.88. The molecule has 2 aromatic rings. The van der Waals surface area contributed by atoms with Gasteiger partial charge in [0.15, 0.2) is 0 Å². The van der Waals surface area contributed by atoms with Crippen molar-refractivity contribution in [2.75, 3.05) is 12.4 Å². The Balaban J connectivity index is 1.73. The number of hydrogen-bond acceptors (Lipinski definition) is 8. The van der Waals surface area contributed by atoms with Crippen LogP contribution < -0.4 is 5.73 Å². The molecule has 6 nitrogen and oxygen atoms in total. The van der Waals surface area contributed by atoms with E-state index in [0.717, 1.165) is 41.8 Å². The molecule has 1 aromatic carbocycles. The lowest BCUT2D eigenvalue weighted by Gasteiger charge is -2.28. The summed E-state index contributed by atoms with van der Waals surface area (Å²) in [6.45, 7) is 1.98. The number of benzene rings is 1. The third-order valence-electron chi connectivity index (χ3n) is 6.35. The minimum Gasteiger partial charge on any atom is -0.463 e. The highest BCUT2D eigenvalue weighted by Gasteiger charge is 2.36. The molecule has 1 aliphatic heterocycles. The van der Waals surface area contributed by atoms with Gasteiger partial charge in [0, 0.05) is 16.4 Å². The molecular weight excluding hydrogens is 488 g/mol. The number of fused-ring (bicyclic) bond motifs is 1. The summed E-state index contributed by atoms with van der Waals surface area (Å²) in [5.74, 6) is -0.671. The van der Waals surface area contributed by atoms with Crippen LogP contribution in [0, 0.1) is 22.7 Å². The smallest absolute Gasteiger partial charge is 0.335 e. The van der Waals surface area contributed by atoms with Gasteiger partial charge in [-0.05, 0) is 49.8 Å². The minimum absolute atomic E-state index is 0.223. The van der Waals surface area contributed by atoms with Crippen LogP contribution in [0.25, 0.3) is 0 Å². The largest absolute Gasteiger partial charge is 0.463 e. The molecule has 2 heterocycles. The number of carbonyl (C=O) groups excluding carboxylic acids is 1. The van der Waals surface area contributed by atoms with E-state index in [0.29, 0.717) is 32.5 Å². The maximum Gasteiger partial charge on any atom is 0.335 e. The number of nitrogens with two attached hydrogens (primary N) is 1. The van der Waals surface area contributed by atoms with E-state index in [-0.39, 0.29) is 6.61 Å². The van der Waals surface area contributed by atoms with Crippen molar-refractivity contribution in [3.8, 4) is 12.1 Å². The van der Waals surface area contributed by atoms with Gasteiger partial charge < -0.3 is 10.5 Å². The zero-order valence-electron chi connectivity index (χ0n) is 20.3. The lowest BCUT2D eigenvalue weighted by atomic mass is 9.84. The van der Waals surface area contributed by atoms with Gasteiger partial charge in [-0.2, -0.15) is 10.5 Å². The number of allylic oxidation sites excluding steroid dienone is 1. The molecule has 0 radical (unpaired) electrons. The van der Waals surface area contributed by atoms with E-state index in [1.165, 1.54) is 41.9 Å². The molecule has 36 heavy (non-hydrogen) atoms. The highest BCUT2D eigenvalue weighted by molar-refractivity contribution is 8.08. The average molecular weight is 517 g/mol. The Morgan fingerprint density at radius 1 is 1.17 bits per heavy atom. The highest BCUT2D eigenvalue weighted by atomic mass is 32.2. The molecule has 1 aromatic heterocycles. The Kier molecular flexibility index (Phi) is 8.74. The van der Waals surface area contributed by atoms with Crippen LogP contribution in [0.5, 0.6) is 0 Å². The number of aryl methyl sites for hydroxylation is 2. The molecule has 184 valence electrons. The van der Waals surface area contributed by atoms with E-state index < -0.39 is 11.9 Å². The summed E-state index contributed by atoms with van der Waals surface area (Å²) in [5, 5.41) is 20.8. The fraction of sp³-hybridized carbons (Fsp3) is 0.357. The Hall–Kier alpha value is -3.20. The second-order valence-electron chi connectivity index (χ2n) is 8.65. The van der Waals surface area contributed by atoms with E-state index >= 15 is 0 Å². The van der Waals surface area contributed by atoms with Crippen LogP contribution in [0.2, 0.25) is 0 Å². The molecule has 0 saturated heterocycles. The standard InChI is InChI=1S/C28H28N4O2S2/c1-2-34-28(33)25-23(36-26(31)21(16-30)24(25)18-10-7-5-8-11-18)17-35-27-20(15-29)14-19-12-6-3-4-9-13-22(19)32-27/h5,7-8,10-11,14,24H,2-4,6,9,12-13,17,31H2,1H3/t24-/m0/s1. The van der Waals surface area contributed by atoms with Crippen LogP contribution in [0.4, 0.5) is 0 Å². The molecule has 4 rings (SSSR count). The Labute approximate surface area is 220 Å². The third-order valence-corrected chi connectivity index (χ3v) is 8.60. The van der Waals surface area contributed by atoms with Gasteiger partial charge in [-0.25, -0.2) is 9.78 Å². The van der Waals surface area contributed by atoms with Crippen LogP contribution in [-0.4, -0.2) is 23.3 Å². The van der Waals surface area contributed by atoms with Crippen LogP contribution >= 0.6 is 23.5 Å². The molecule has 1 atom stereocenters. The number of aromatic nitrogens is 1. The number of esters is 1. The molecule has 2 N–H and O–H groups in total. The summed E-state index contributed by atoms with van der Waals surface area (Å²) in [6, 6.07) is 15.9. The Morgan fingerprint density at radius 2 is 1.92 bits per heavy atom. The zero-order chi connectivity index (χ0) is 25.5. The topological polar surface area (TPSA) is 113 Å². The fourth-order valence-electron chi connectivity index (χ4n) is 4.63. The summed E-state index contributed by atoms with van der Waals surface area (Å²) < 4.78 is 5.43. The van der Waals surface area contributed by atoms with Gasteiger partial charge in [-0.3, -0.25) is 0 Å². The van der Waals surface area contributed by atoms with Gasteiger partial charge in [-0.1, -0.05) is 66.7 Å². The zero-order valence-corrected chi connectivity index (χ0v) is 21.9. The van der Waals surface area contributed by atoms with Crippen LogP contribution in [0.1, 0.15) is 60.9 Å². The molecule has 0 saturated carbocycles. The number of ether oxygens (including phenoxy) is 1. The van der Waals surface area contributed by atoms with E-state index in [2.05, 4.69) is 12.1 Å². The monoisotopic (exact) mass is 516 g/mol. The third kappa shape index (κ3) is 5.61. The summed E-state index contributed by atoms with van der Waals surface area (Å²) >= 11 is 2.66. The summed E-state index contributed by atoms with van der Waals surface area (Å²) in [5.41, 5.74) is 10.7. The number of nitriles is 2. The van der Waals surface area contributed by atoms with Crippen molar-refractivity contribution in [3.05, 3.63) is 79.9 Å². The second-order valence-corrected chi connectivity index (χ2v) is 10.8. The molecule has 2 aliphatic rings. The first-order valence-corrected chi connectivity index (χ1v) is 14.0. The maximum atomic E-state index is 13.2. The predicted molar refractivity (Wildman–Crippen MR) is 143 cm³/mol. The molecule has 1 aliphatic carbocycles. The Bertz CT molecular complexity index is 1290. The lowest BCUT2D eigenvalue weighted by molar-refractivity contribution is -0.138. The number of thioether (sulfide) groups is 2. The molecule has 0 amide bonds. The summed E-state index contributed by atoms with van der Waals surface area (Å²) in [6.07, 6.45) is 6.49. The number of nitrogens with zero attached hydrogens (tertiary/aromatic N) is 3. The van der Waals surface area contributed by atoms with Crippen molar-refractivity contribution in [1.82, 2.24) is 4.98 Å². The van der Waals surface area contributed by atoms with Gasteiger partial charge in [0.2, 0.25) is 0 Å². The number of rotatable bonds is 6. The van der Waals surface area contributed by atoms with Gasteiger partial charge in [0.05, 0.1) is 40.3 Å². The first-order valence-electron chi connectivity index (χ1n) is 12.2. The van der Waals surface area contributed by atoms with Crippen molar-refractivity contribution < 1.29 is 9.53 Å². The molecular formula is C28H28N4O2S2. The van der Waals surface area contributed by atoms with Gasteiger partial charge in [-0.15, -0.1) is 0 Å². The first-order chi connectivity index (χ1) is 17.6. The van der Waals surface area contributed by atoms with E-state index in [9.17, 15) is 15.3 Å². The quantitative estimate of drug-likeness (QED) is 0.382. The Morgan fingerprint density at radius 3 is 2.61 bits per heavy atom. The molecule has 0 spiro atoms. The van der Waals surface area contributed by atoms with Crippen molar-refractivity contribution in [2.24, 2.45) is 5.73 Å². The van der Waals surface area contributed by atoms with Crippen molar-refractivity contribution in [1.29, 1.82) is 10.5 Å². The van der Waals surface area contributed by atoms with Crippen molar-refractivity contribution in [3.63, 3.8) is 0 Å². The molecule has 0 fully saturated rings. The predicted octanol–water partition coefficient (Wildman–Crippen LogP) is 5.75. The summed E-state index contributed by atoms with van der Waals surface area (Å²) in [4.78, 5) is 18.8. The number of carbonyl (C=O) groups is 1. The van der Waals surface area contributed by atoms with Gasteiger partial charge >= 0.3 is 5.97 Å². The molecule has 0 unspecified atom stereocenters. The molecule has 0 bridgehead atoms. The minimum atomic E-state index is -0.605. The van der Waals surface area contributed by atoms with Crippen molar-refractivity contribution >= 4 is 29.5 Å². The van der Waals surface area contributed by atoms with E-state index in [4.69, 9.17) is 15.5 Å². The van der Waals surface area contributed by atoms with Gasteiger partial charge in [0.25, 0.3) is 0 Å². The number of pyridine rings is 1. The lowest BCUT2D eigenvalue weighted by Crippen LogP contribution is -2.23. The SMILES string of the molecule is CCOC(=O)C1=C(CSc2nc3c(cc2C#N)CCCCCC3)SC(N)=C(C#N)[C@@H]1c1ccccc1. The fourth-order valence-corrected chi connectivity index (χ4v) is 6.75. The highest BCUT2D eigenvalue weighted by Crippen LogP contribution is 2.47. The van der Waals surface area contributed by atoms with Crippen LogP contribution in [-0.2, 0) is 22.4 Å². The van der Waals surface area contributed by atoms with E-state index in [1.807, 2.05) is 36.4 Å². The summed E-state index contributed by atoms with van der Waals surface area (Å²) in [7, 11) is 0. The molecule has 8 heteroatoms. The van der Waals surface area contributed by atoms with Gasteiger partial charge in [0.1, 0.15) is 11.1 Å². The first kappa shape index (κ1) is 25.9. The van der Waals surface area contributed by atoms with Crippen LogP contribution in [0.15, 0.2) is 62.5 Å². The number of hydrogen-bond donors (Lipinski definition) is 1.